The monoisotopic (exact) mass is 293 g/mol. The fourth-order valence-corrected chi connectivity index (χ4v) is 2.45. The molecule has 2 amide bonds. The molecule has 0 saturated carbocycles. The van der Waals surface area contributed by atoms with Crippen molar-refractivity contribution in [3.63, 3.8) is 0 Å². The molecule has 0 aliphatic carbocycles. The zero-order chi connectivity index (χ0) is 15.2. The molecule has 0 unspecified atom stereocenters. The predicted molar refractivity (Wildman–Crippen MR) is 79.5 cm³/mol. The largest absolute Gasteiger partial charge is 0.326 e. The van der Waals surface area contributed by atoms with E-state index in [1.54, 1.807) is 0 Å². The highest BCUT2D eigenvalue weighted by molar-refractivity contribution is 5.93. The Hall–Kier alpha value is -1.95. The van der Waals surface area contributed by atoms with Gasteiger partial charge in [-0.15, -0.1) is 0 Å². The number of carbonyl (C=O) groups excluding carboxylic acids is 2. The molecule has 3 N–H and O–H groups in total. The Morgan fingerprint density at radius 3 is 2.67 bits per heavy atom. The lowest BCUT2D eigenvalue weighted by Crippen LogP contribution is -2.30. The van der Waals surface area contributed by atoms with Crippen LogP contribution in [0.3, 0.4) is 0 Å². The van der Waals surface area contributed by atoms with E-state index in [2.05, 4.69) is 16.0 Å². The minimum absolute atomic E-state index is 0.0974. The first kappa shape index (κ1) is 15.4. The third kappa shape index (κ3) is 4.82. The van der Waals surface area contributed by atoms with Crippen LogP contribution in [0.15, 0.2) is 18.2 Å². The number of hydrogen-bond acceptors (Lipinski definition) is 3. The van der Waals surface area contributed by atoms with Crippen molar-refractivity contribution in [2.75, 3.05) is 23.7 Å². The molecule has 1 aliphatic rings. The highest BCUT2D eigenvalue weighted by Gasteiger charge is 2.17. The van der Waals surface area contributed by atoms with Crippen molar-refractivity contribution in [3.8, 4) is 0 Å². The third-order valence-corrected chi connectivity index (χ3v) is 3.49. The van der Waals surface area contributed by atoms with Crippen LogP contribution in [0.5, 0.6) is 0 Å². The second-order valence-electron chi connectivity index (χ2n) is 5.32. The van der Waals surface area contributed by atoms with Gasteiger partial charge in [-0.2, -0.15) is 0 Å². The first-order valence-corrected chi connectivity index (χ1v) is 7.12. The predicted octanol–water partition coefficient (Wildman–Crippen LogP) is 2.11. The normalized spacial score (nSPS) is 15.5. The molecule has 2 rings (SSSR count). The Morgan fingerprint density at radius 1 is 1.29 bits per heavy atom. The van der Waals surface area contributed by atoms with Crippen LogP contribution in [0, 0.1) is 11.7 Å². The smallest absolute Gasteiger partial charge is 0.224 e. The number of anilines is 2. The number of piperidine rings is 1. The van der Waals surface area contributed by atoms with E-state index in [4.69, 9.17) is 0 Å². The van der Waals surface area contributed by atoms with Crippen LogP contribution in [-0.2, 0) is 9.59 Å². The lowest BCUT2D eigenvalue weighted by Gasteiger charge is -2.22. The summed E-state index contributed by atoms with van der Waals surface area (Å²) in [6.07, 6.45) is 2.31. The number of benzene rings is 1. The maximum Gasteiger partial charge on any atom is 0.224 e. The van der Waals surface area contributed by atoms with Crippen LogP contribution in [0.4, 0.5) is 15.8 Å². The first-order valence-electron chi connectivity index (χ1n) is 7.12. The van der Waals surface area contributed by atoms with Crippen molar-refractivity contribution in [2.24, 2.45) is 5.92 Å². The third-order valence-electron chi connectivity index (χ3n) is 3.49. The zero-order valence-electron chi connectivity index (χ0n) is 12.0. The van der Waals surface area contributed by atoms with Crippen molar-refractivity contribution < 1.29 is 14.0 Å². The van der Waals surface area contributed by atoms with Crippen LogP contribution in [0.1, 0.15) is 26.2 Å². The highest BCUT2D eigenvalue weighted by Crippen LogP contribution is 2.21. The summed E-state index contributed by atoms with van der Waals surface area (Å²) in [6.45, 7) is 3.22. The summed E-state index contributed by atoms with van der Waals surface area (Å²) in [6, 6.07) is 4.11. The Balaban J connectivity index is 1.97. The average molecular weight is 293 g/mol. The molecule has 21 heavy (non-hydrogen) atoms. The molecule has 0 atom stereocenters. The van der Waals surface area contributed by atoms with Gasteiger partial charge < -0.3 is 16.0 Å². The molecule has 114 valence electrons. The zero-order valence-corrected chi connectivity index (χ0v) is 12.0. The van der Waals surface area contributed by atoms with Gasteiger partial charge in [0.1, 0.15) is 5.82 Å². The first-order chi connectivity index (χ1) is 10.0. The molecule has 5 nitrogen and oxygen atoms in total. The topological polar surface area (TPSA) is 70.2 Å². The molecule has 0 bridgehead atoms. The van der Waals surface area contributed by atoms with Gasteiger partial charge in [0.15, 0.2) is 0 Å². The van der Waals surface area contributed by atoms with E-state index in [1.165, 1.54) is 25.1 Å². The van der Waals surface area contributed by atoms with Crippen LogP contribution >= 0.6 is 0 Å². The molecule has 1 heterocycles. The Kier molecular flexibility index (Phi) is 5.27. The van der Waals surface area contributed by atoms with Gasteiger partial charge in [0.05, 0.1) is 5.69 Å². The van der Waals surface area contributed by atoms with E-state index >= 15 is 0 Å². The van der Waals surface area contributed by atoms with Gasteiger partial charge in [0, 0.05) is 19.0 Å². The Morgan fingerprint density at radius 2 is 2.00 bits per heavy atom. The summed E-state index contributed by atoms with van der Waals surface area (Å²) < 4.78 is 13.7. The molecule has 1 aromatic carbocycles. The number of amides is 2. The number of rotatable bonds is 4. The van der Waals surface area contributed by atoms with Crippen LogP contribution in [0.2, 0.25) is 0 Å². The average Bonchev–Trinajstić information content (AvgIpc) is 2.43. The number of carbonyl (C=O) groups is 2. The molecule has 6 heteroatoms. The summed E-state index contributed by atoms with van der Waals surface area (Å²) in [5.74, 6) is -0.607. The van der Waals surface area contributed by atoms with Crippen molar-refractivity contribution in [2.45, 2.75) is 26.2 Å². The maximum atomic E-state index is 13.7. The number of halogens is 1. The van der Waals surface area contributed by atoms with Crippen molar-refractivity contribution in [3.05, 3.63) is 24.0 Å². The van der Waals surface area contributed by atoms with Gasteiger partial charge in [-0.1, -0.05) is 0 Å². The number of hydrogen-bond donors (Lipinski definition) is 3. The van der Waals surface area contributed by atoms with Gasteiger partial charge in [-0.25, -0.2) is 4.39 Å². The van der Waals surface area contributed by atoms with Crippen LogP contribution in [0.25, 0.3) is 0 Å². The van der Waals surface area contributed by atoms with E-state index in [1.807, 2.05) is 0 Å². The second-order valence-corrected chi connectivity index (χ2v) is 5.32. The van der Waals surface area contributed by atoms with E-state index in [-0.39, 0.29) is 17.5 Å². The van der Waals surface area contributed by atoms with Gasteiger partial charge in [0.25, 0.3) is 0 Å². The van der Waals surface area contributed by atoms with E-state index < -0.39 is 5.82 Å². The summed E-state index contributed by atoms with van der Waals surface area (Å²) in [4.78, 5) is 23.0. The standard InChI is InChI=1S/C15H20FN3O2/c1-10(20)18-12-2-3-13(16)14(9-12)19-15(21)8-11-4-6-17-7-5-11/h2-3,9,11,17H,4-8H2,1H3,(H,18,20)(H,19,21). The molecule has 1 saturated heterocycles. The molecule has 1 aliphatic heterocycles. The van der Waals surface area contributed by atoms with Crippen molar-refractivity contribution in [1.82, 2.24) is 5.32 Å². The van der Waals surface area contributed by atoms with Crippen LogP contribution < -0.4 is 16.0 Å². The highest BCUT2D eigenvalue weighted by atomic mass is 19.1. The molecule has 1 aromatic rings. The lowest BCUT2D eigenvalue weighted by molar-refractivity contribution is -0.117. The minimum atomic E-state index is -0.511. The fourth-order valence-electron chi connectivity index (χ4n) is 2.45. The fraction of sp³-hybridized carbons (Fsp3) is 0.467. The number of nitrogens with one attached hydrogen (secondary N) is 3. The van der Waals surface area contributed by atoms with E-state index in [9.17, 15) is 14.0 Å². The quantitative estimate of drug-likeness (QED) is 0.796. The van der Waals surface area contributed by atoms with Gasteiger partial charge >= 0.3 is 0 Å². The molecular weight excluding hydrogens is 273 g/mol. The van der Waals surface area contributed by atoms with E-state index in [0.717, 1.165) is 25.9 Å². The summed E-state index contributed by atoms with van der Waals surface area (Å²) in [5, 5.41) is 8.39. The lowest BCUT2D eigenvalue weighted by atomic mass is 9.94. The Labute approximate surface area is 123 Å². The van der Waals surface area contributed by atoms with Gasteiger partial charge in [0.2, 0.25) is 11.8 Å². The summed E-state index contributed by atoms with van der Waals surface area (Å²) >= 11 is 0. The van der Waals surface area contributed by atoms with Gasteiger partial charge in [-0.05, 0) is 50.0 Å². The van der Waals surface area contributed by atoms with Gasteiger partial charge in [-0.3, -0.25) is 9.59 Å². The summed E-state index contributed by atoms with van der Waals surface area (Å²) in [5.41, 5.74) is 0.557. The van der Waals surface area contributed by atoms with E-state index in [0.29, 0.717) is 18.0 Å². The summed E-state index contributed by atoms with van der Waals surface area (Å²) in [7, 11) is 0. The molecule has 1 fully saturated rings. The molecular formula is C15H20FN3O2. The van der Waals surface area contributed by atoms with Crippen molar-refractivity contribution >= 4 is 23.2 Å². The Bertz CT molecular complexity index is 528. The minimum Gasteiger partial charge on any atom is -0.326 e. The SMILES string of the molecule is CC(=O)Nc1ccc(F)c(NC(=O)CC2CCNCC2)c1. The second kappa shape index (κ2) is 7.17. The molecule has 0 radical (unpaired) electrons. The molecule has 0 spiro atoms. The van der Waals surface area contributed by atoms with Crippen molar-refractivity contribution in [1.29, 1.82) is 0 Å². The van der Waals surface area contributed by atoms with Crippen LogP contribution in [-0.4, -0.2) is 24.9 Å². The maximum absolute atomic E-state index is 13.7. The molecule has 0 aromatic heterocycles.